The molecule has 0 aromatic heterocycles. The minimum absolute atomic E-state index is 0.593. The van der Waals surface area contributed by atoms with E-state index in [2.05, 4.69) is 72.6 Å². The van der Waals surface area contributed by atoms with E-state index in [0.29, 0.717) is 5.92 Å². The summed E-state index contributed by atoms with van der Waals surface area (Å²) in [6, 6.07) is 8.71. The second-order valence-electron chi connectivity index (χ2n) is 6.83. The van der Waals surface area contributed by atoms with Crippen LogP contribution in [0.1, 0.15) is 38.3 Å². The van der Waals surface area contributed by atoms with Crippen LogP contribution >= 0.6 is 0 Å². The topological polar surface area (TPSA) is 48.9 Å². The molecule has 0 bridgehead atoms. The fraction of sp³-hybridized carbons (Fsp3) is 0.650. The van der Waals surface area contributed by atoms with Gasteiger partial charge in [-0.15, -0.1) is 0 Å². The van der Waals surface area contributed by atoms with Gasteiger partial charge in [-0.3, -0.25) is 4.99 Å². The molecule has 5 nitrogen and oxygen atoms in total. The molecule has 1 aromatic carbocycles. The molecule has 0 spiro atoms. The minimum Gasteiger partial charge on any atom is -0.381 e. The van der Waals surface area contributed by atoms with Crippen molar-refractivity contribution in [3.8, 4) is 0 Å². The van der Waals surface area contributed by atoms with Crippen LogP contribution in [-0.2, 0) is 17.8 Å². The predicted molar refractivity (Wildman–Crippen MR) is 107 cm³/mol. The third kappa shape index (κ3) is 10.1. The summed E-state index contributed by atoms with van der Waals surface area (Å²) in [5, 5.41) is 6.71. The van der Waals surface area contributed by atoms with Gasteiger partial charge in [-0.05, 0) is 37.1 Å². The number of nitrogens with zero attached hydrogens (tertiary/aromatic N) is 2. The lowest BCUT2D eigenvalue weighted by atomic mass is 10.1. The molecule has 142 valence electrons. The molecular formula is C20H36N4O. The molecule has 0 heterocycles. The highest BCUT2D eigenvalue weighted by molar-refractivity contribution is 5.79. The first-order valence-corrected chi connectivity index (χ1v) is 9.33. The Kier molecular flexibility index (Phi) is 10.9. The third-order valence-corrected chi connectivity index (χ3v) is 3.88. The maximum absolute atomic E-state index is 5.59. The Bertz CT molecular complexity index is 502. The lowest BCUT2D eigenvalue weighted by molar-refractivity contribution is 0.108. The quantitative estimate of drug-likeness (QED) is 0.367. The van der Waals surface area contributed by atoms with Gasteiger partial charge in [0.1, 0.15) is 0 Å². The van der Waals surface area contributed by atoms with E-state index in [1.807, 2.05) is 0 Å². The summed E-state index contributed by atoms with van der Waals surface area (Å²) in [6.07, 6.45) is 0.978. The monoisotopic (exact) mass is 348 g/mol. The smallest absolute Gasteiger partial charge is 0.191 e. The lowest BCUT2D eigenvalue weighted by Crippen LogP contribution is -2.37. The summed E-state index contributed by atoms with van der Waals surface area (Å²) >= 11 is 0. The molecule has 0 aliphatic heterocycles. The van der Waals surface area contributed by atoms with Crippen molar-refractivity contribution in [2.75, 3.05) is 40.4 Å². The molecule has 0 saturated carbocycles. The van der Waals surface area contributed by atoms with Gasteiger partial charge in [0.05, 0.1) is 0 Å². The minimum atomic E-state index is 0.593. The van der Waals surface area contributed by atoms with Gasteiger partial charge in [0.15, 0.2) is 5.96 Å². The molecule has 0 fully saturated rings. The molecular weight excluding hydrogens is 312 g/mol. The first-order valence-electron chi connectivity index (χ1n) is 9.33. The van der Waals surface area contributed by atoms with Gasteiger partial charge < -0.3 is 20.3 Å². The molecule has 0 amide bonds. The van der Waals surface area contributed by atoms with Crippen molar-refractivity contribution < 1.29 is 4.74 Å². The van der Waals surface area contributed by atoms with E-state index in [1.165, 1.54) is 11.1 Å². The molecule has 1 aromatic rings. The molecule has 1 rings (SSSR count). The number of aliphatic imine (C=N–C) groups is 1. The fourth-order valence-electron chi connectivity index (χ4n) is 2.37. The van der Waals surface area contributed by atoms with Crippen molar-refractivity contribution in [3.63, 3.8) is 0 Å². The first-order chi connectivity index (χ1) is 12.0. The Balaban J connectivity index is 2.31. The summed E-state index contributed by atoms with van der Waals surface area (Å²) in [5.74, 6) is 1.43. The molecule has 0 aliphatic carbocycles. The zero-order chi connectivity index (χ0) is 18.5. The standard InChI is InChI=1S/C20H36N4O/c1-6-24(5)15-19-10-7-9-18(13-19)14-23-20(21-4)22-11-8-12-25-16-17(2)3/h7,9-10,13,17H,6,8,11-12,14-16H2,1-5H3,(H2,21,22,23). The van der Waals surface area contributed by atoms with E-state index in [9.17, 15) is 0 Å². The molecule has 0 unspecified atom stereocenters. The maximum Gasteiger partial charge on any atom is 0.191 e. The van der Waals surface area contributed by atoms with Crippen molar-refractivity contribution in [1.29, 1.82) is 0 Å². The number of guanidine groups is 1. The zero-order valence-electron chi connectivity index (χ0n) is 16.6. The summed E-state index contributed by atoms with van der Waals surface area (Å²) < 4.78 is 5.59. The van der Waals surface area contributed by atoms with Crippen LogP contribution in [0.4, 0.5) is 0 Å². The van der Waals surface area contributed by atoms with E-state index in [4.69, 9.17) is 4.74 Å². The molecule has 0 saturated heterocycles. The fourth-order valence-corrected chi connectivity index (χ4v) is 2.37. The largest absolute Gasteiger partial charge is 0.381 e. The molecule has 0 aliphatic rings. The van der Waals surface area contributed by atoms with Gasteiger partial charge in [0.25, 0.3) is 0 Å². The highest BCUT2D eigenvalue weighted by Crippen LogP contribution is 2.07. The average molecular weight is 349 g/mol. The normalized spacial score (nSPS) is 12.0. The number of benzene rings is 1. The van der Waals surface area contributed by atoms with Gasteiger partial charge in [-0.2, -0.15) is 0 Å². The number of hydrogen-bond acceptors (Lipinski definition) is 3. The number of hydrogen-bond donors (Lipinski definition) is 2. The Morgan fingerprint density at radius 3 is 2.68 bits per heavy atom. The van der Waals surface area contributed by atoms with E-state index in [-0.39, 0.29) is 0 Å². The number of rotatable bonds is 11. The Morgan fingerprint density at radius 1 is 1.24 bits per heavy atom. The molecule has 5 heteroatoms. The summed E-state index contributed by atoms with van der Waals surface area (Å²) in [4.78, 5) is 6.58. The third-order valence-electron chi connectivity index (χ3n) is 3.88. The summed E-state index contributed by atoms with van der Waals surface area (Å²) in [7, 11) is 3.94. The number of nitrogens with one attached hydrogen (secondary N) is 2. The summed E-state index contributed by atoms with van der Waals surface area (Å²) in [6.45, 7) is 11.8. The van der Waals surface area contributed by atoms with E-state index in [0.717, 1.165) is 51.8 Å². The zero-order valence-corrected chi connectivity index (χ0v) is 16.6. The second kappa shape index (κ2) is 12.7. The highest BCUT2D eigenvalue weighted by atomic mass is 16.5. The van der Waals surface area contributed by atoms with Crippen LogP contribution in [-0.4, -0.2) is 51.3 Å². The molecule has 0 radical (unpaired) electrons. The average Bonchev–Trinajstić information content (AvgIpc) is 2.60. The first kappa shape index (κ1) is 21.5. The predicted octanol–water partition coefficient (Wildman–Crippen LogP) is 2.87. The summed E-state index contributed by atoms with van der Waals surface area (Å²) in [5.41, 5.74) is 2.61. The molecule has 0 atom stereocenters. The Morgan fingerprint density at radius 2 is 2.00 bits per heavy atom. The van der Waals surface area contributed by atoms with Crippen LogP contribution in [0, 0.1) is 5.92 Å². The van der Waals surface area contributed by atoms with Gasteiger partial charge >= 0.3 is 0 Å². The van der Waals surface area contributed by atoms with Gasteiger partial charge in [0.2, 0.25) is 0 Å². The van der Waals surface area contributed by atoms with Crippen LogP contribution < -0.4 is 10.6 Å². The highest BCUT2D eigenvalue weighted by Gasteiger charge is 2.02. The van der Waals surface area contributed by atoms with Crippen molar-refractivity contribution in [2.45, 2.75) is 40.3 Å². The Hall–Kier alpha value is -1.59. The van der Waals surface area contributed by atoms with Crippen molar-refractivity contribution >= 4 is 5.96 Å². The SMILES string of the molecule is CCN(C)Cc1cccc(CNC(=NC)NCCCOCC(C)C)c1. The van der Waals surface area contributed by atoms with Crippen LogP contribution in [0.15, 0.2) is 29.3 Å². The number of ether oxygens (including phenoxy) is 1. The van der Waals surface area contributed by atoms with Crippen LogP contribution in [0.25, 0.3) is 0 Å². The maximum atomic E-state index is 5.59. The van der Waals surface area contributed by atoms with E-state index in [1.54, 1.807) is 7.05 Å². The molecule has 2 N–H and O–H groups in total. The second-order valence-corrected chi connectivity index (χ2v) is 6.83. The van der Waals surface area contributed by atoms with E-state index >= 15 is 0 Å². The Labute approximate surface area is 153 Å². The van der Waals surface area contributed by atoms with Gasteiger partial charge in [-0.25, -0.2) is 0 Å². The van der Waals surface area contributed by atoms with Crippen LogP contribution in [0.3, 0.4) is 0 Å². The molecule has 25 heavy (non-hydrogen) atoms. The van der Waals surface area contributed by atoms with Gasteiger partial charge in [-0.1, -0.05) is 45.0 Å². The van der Waals surface area contributed by atoms with Crippen LogP contribution in [0.2, 0.25) is 0 Å². The van der Waals surface area contributed by atoms with E-state index < -0.39 is 0 Å². The van der Waals surface area contributed by atoms with Gasteiger partial charge in [0, 0.05) is 39.9 Å². The van der Waals surface area contributed by atoms with Crippen LogP contribution in [0.5, 0.6) is 0 Å². The van der Waals surface area contributed by atoms with Crippen molar-refractivity contribution in [1.82, 2.24) is 15.5 Å². The lowest BCUT2D eigenvalue weighted by Gasteiger charge is -2.15. The van der Waals surface area contributed by atoms with Crippen molar-refractivity contribution in [3.05, 3.63) is 35.4 Å². The van der Waals surface area contributed by atoms with Crippen molar-refractivity contribution in [2.24, 2.45) is 10.9 Å².